The molecule has 0 fully saturated rings. The molecule has 1 aromatic heterocycles. The van der Waals surface area contributed by atoms with Crippen molar-refractivity contribution in [2.75, 3.05) is 20.8 Å². The second-order valence-corrected chi connectivity index (χ2v) is 7.09. The normalized spacial score (nSPS) is 11.6. The number of para-hydroxylation sites is 1. The number of aromatic nitrogens is 1. The Bertz CT molecular complexity index is 1100. The highest BCUT2D eigenvalue weighted by molar-refractivity contribution is 6.05. The van der Waals surface area contributed by atoms with E-state index in [9.17, 15) is 9.59 Å². The predicted octanol–water partition coefficient (Wildman–Crippen LogP) is 3.99. The van der Waals surface area contributed by atoms with Gasteiger partial charge >= 0.3 is 5.97 Å². The van der Waals surface area contributed by atoms with Gasteiger partial charge in [-0.15, -0.1) is 0 Å². The van der Waals surface area contributed by atoms with E-state index in [2.05, 4.69) is 10.3 Å². The Hall–Kier alpha value is -3.61. The van der Waals surface area contributed by atoms with Gasteiger partial charge in [-0.2, -0.15) is 0 Å². The molecule has 7 nitrogen and oxygen atoms in total. The smallest absolute Gasteiger partial charge is 0.339 e. The summed E-state index contributed by atoms with van der Waals surface area (Å²) in [4.78, 5) is 29.5. The summed E-state index contributed by atoms with van der Waals surface area (Å²) < 4.78 is 16.0. The molecule has 1 amide bonds. The molecular weight excluding hydrogens is 396 g/mol. The minimum Gasteiger partial charge on any atom is -0.493 e. The highest BCUT2D eigenvalue weighted by atomic mass is 16.5. The van der Waals surface area contributed by atoms with Crippen LogP contribution >= 0.6 is 0 Å². The molecular formula is C24H26N2O5. The molecule has 3 aromatic rings. The minimum atomic E-state index is -0.584. The Labute approximate surface area is 181 Å². The Morgan fingerprint density at radius 3 is 2.48 bits per heavy atom. The maximum Gasteiger partial charge on any atom is 0.339 e. The standard InChI is InChI=1S/C24H26N2O5/c1-5-15(2)25-23(27)14-31-24(28)18-13-20(26-19-9-7-6-8-17(18)19)16-10-11-21(29-3)22(12-16)30-4/h6-13,15H,5,14H2,1-4H3,(H,25,27)/t15-/m1/s1. The number of ether oxygens (including phenoxy) is 3. The molecule has 1 N–H and O–H groups in total. The Balaban J connectivity index is 1.94. The topological polar surface area (TPSA) is 86.8 Å². The van der Waals surface area contributed by atoms with Crippen molar-refractivity contribution in [3.8, 4) is 22.8 Å². The number of fused-ring (bicyclic) bond motifs is 1. The summed E-state index contributed by atoms with van der Waals surface area (Å²) >= 11 is 0. The van der Waals surface area contributed by atoms with Crippen LogP contribution in [0.15, 0.2) is 48.5 Å². The number of hydrogen-bond acceptors (Lipinski definition) is 6. The molecule has 0 bridgehead atoms. The molecule has 1 heterocycles. The lowest BCUT2D eigenvalue weighted by molar-refractivity contribution is -0.124. The lowest BCUT2D eigenvalue weighted by Gasteiger charge is -2.13. The molecule has 0 aliphatic carbocycles. The van der Waals surface area contributed by atoms with Crippen LogP contribution in [0.1, 0.15) is 30.6 Å². The van der Waals surface area contributed by atoms with Gasteiger partial charge in [-0.3, -0.25) is 4.79 Å². The molecule has 2 aromatic carbocycles. The third kappa shape index (κ3) is 5.12. The fraction of sp³-hybridized carbons (Fsp3) is 0.292. The maximum absolute atomic E-state index is 12.9. The maximum atomic E-state index is 12.9. The molecule has 0 aliphatic heterocycles. The van der Waals surface area contributed by atoms with E-state index in [1.165, 1.54) is 0 Å². The Morgan fingerprint density at radius 2 is 1.77 bits per heavy atom. The van der Waals surface area contributed by atoms with Crippen molar-refractivity contribution < 1.29 is 23.8 Å². The van der Waals surface area contributed by atoms with Crippen LogP contribution in [0.3, 0.4) is 0 Å². The van der Waals surface area contributed by atoms with Crippen LogP contribution in [-0.4, -0.2) is 43.7 Å². The molecule has 162 valence electrons. The predicted molar refractivity (Wildman–Crippen MR) is 118 cm³/mol. The summed E-state index contributed by atoms with van der Waals surface area (Å²) in [6.45, 7) is 3.52. The highest BCUT2D eigenvalue weighted by Crippen LogP contribution is 2.33. The molecule has 0 spiro atoms. The number of carbonyl (C=O) groups excluding carboxylic acids is 2. The summed E-state index contributed by atoms with van der Waals surface area (Å²) in [7, 11) is 3.13. The molecule has 0 saturated carbocycles. The van der Waals surface area contributed by atoms with Crippen LogP contribution in [0.5, 0.6) is 11.5 Å². The van der Waals surface area contributed by atoms with Gasteiger partial charge < -0.3 is 19.5 Å². The lowest BCUT2D eigenvalue weighted by Crippen LogP contribution is -2.35. The van der Waals surface area contributed by atoms with Crippen LogP contribution in [0.2, 0.25) is 0 Å². The Kier molecular flexibility index (Phi) is 7.07. The number of carbonyl (C=O) groups is 2. The van der Waals surface area contributed by atoms with Crippen LogP contribution in [0, 0.1) is 0 Å². The van der Waals surface area contributed by atoms with Crippen molar-refractivity contribution in [3.63, 3.8) is 0 Å². The number of methoxy groups -OCH3 is 2. The first-order chi connectivity index (χ1) is 15.0. The first-order valence-electron chi connectivity index (χ1n) is 10.1. The molecule has 7 heteroatoms. The zero-order valence-electron chi connectivity index (χ0n) is 18.1. The van der Waals surface area contributed by atoms with E-state index in [4.69, 9.17) is 14.2 Å². The van der Waals surface area contributed by atoms with Crippen molar-refractivity contribution in [2.45, 2.75) is 26.3 Å². The number of rotatable bonds is 8. The zero-order valence-corrected chi connectivity index (χ0v) is 18.1. The number of esters is 1. The number of hydrogen-bond donors (Lipinski definition) is 1. The van der Waals surface area contributed by atoms with Gasteiger partial charge in [-0.05, 0) is 43.7 Å². The quantitative estimate of drug-likeness (QED) is 0.553. The summed E-state index contributed by atoms with van der Waals surface area (Å²) in [5.41, 5.74) is 2.32. The minimum absolute atomic E-state index is 0.0182. The molecule has 3 rings (SSSR count). The van der Waals surface area contributed by atoms with Crippen molar-refractivity contribution in [3.05, 3.63) is 54.1 Å². The second-order valence-electron chi connectivity index (χ2n) is 7.09. The molecule has 31 heavy (non-hydrogen) atoms. The van der Waals surface area contributed by atoms with Gasteiger partial charge in [0.1, 0.15) is 0 Å². The summed E-state index contributed by atoms with van der Waals surface area (Å²) in [5, 5.41) is 3.43. The fourth-order valence-corrected chi connectivity index (χ4v) is 3.12. The summed E-state index contributed by atoms with van der Waals surface area (Å²) in [6.07, 6.45) is 0.795. The highest BCUT2D eigenvalue weighted by Gasteiger charge is 2.18. The summed E-state index contributed by atoms with van der Waals surface area (Å²) in [5.74, 6) is 0.237. The van der Waals surface area contributed by atoms with Gasteiger partial charge in [0, 0.05) is 17.0 Å². The summed E-state index contributed by atoms with van der Waals surface area (Å²) in [6, 6.07) is 14.4. The average Bonchev–Trinajstić information content (AvgIpc) is 2.81. The third-order valence-corrected chi connectivity index (χ3v) is 4.97. The van der Waals surface area contributed by atoms with E-state index in [1.54, 1.807) is 38.5 Å². The largest absolute Gasteiger partial charge is 0.493 e. The molecule has 1 atom stereocenters. The number of pyridine rings is 1. The van der Waals surface area contributed by atoms with Gasteiger partial charge in [-0.1, -0.05) is 25.1 Å². The van der Waals surface area contributed by atoms with Crippen LogP contribution in [0.4, 0.5) is 0 Å². The third-order valence-electron chi connectivity index (χ3n) is 4.97. The first-order valence-corrected chi connectivity index (χ1v) is 10.1. The van der Waals surface area contributed by atoms with Gasteiger partial charge in [0.25, 0.3) is 5.91 Å². The second kappa shape index (κ2) is 9.93. The van der Waals surface area contributed by atoms with Gasteiger partial charge in [0.05, 0.1) is 31.0 Å². The van der Waals surface area contributed by atoms with E-state index in [0.29, 0.717) is 33.7 Å². The number of nitrogens with zero attached hydrogens (tertiary/aromatic N) is 1. The van der Waals surface area contributed by atoms with Crippen LogP contribution in [-0.2, 0) is 9.53 Å². The zero-order chi connectivity index (χ0) is 22.4. The van der Waals surface area contributed by atoms with Crippen LogP contribution in [0.25, 0.3) is 22.2 Å². The van der Waals surface area contributed by atoms with Gasteiger partial charge in [0.2, 0.25) is 0 Å². The van der Waals surface area contributed by atoms with E-state index in [1.807, 2.05) is 38.1 Å². The Morgan fingerprint density at radius 1 is 1.03 bits per heavy atom. The van der Waals surface area contributed by atoms with Gasteiger partial charge in [-0.25, -0.2) is 9.78 Å². The van der Waals surface area contributed by atoms with E-state index in [-0.39, 0.29) is 18.6 Å². The SMILES string of the molecule is CC[C@@H](C)NC(=O)COC(=O)c1cc(-c2ccc(OC)c(OC)c2)nc2ccccc12. The molecule has 0 radical (unpaired) electrons. The van der Waals surface area contributed by atoms with Crippen molar-refractivity contribution in [2.24, 2.45) is 0 Å². The fourth-order valence-electron chi connectivity index (χ4n) is 3.12. The van der Waals surface area contributed by atoms with Crippen molar-refractivity contribution in [1.82, 2.24) is 10.3 Å². The molecule has 0 aliphatic rings. The van der Waals surface area contributed by atoms with Crippen molar-refractivity contribution >= 4 is 22.8 Å². The van der Waals surface area contributed by atoms with Crippen LogP contribution < -0.4 is 14.8 Å². The number of benzene rings is 2. The number of nitrogens with one attached hydrogen (secondary N) is 1. The lowest BCUT2D eigenvalue weighted by atomic mass is 10.0. The molecule has 0 saturated heterocycles. The van der Waals surface area contributed by atoms with Crippen molar-refractivity contribution in [1.29, 1.82) is 0 Å². The molecule has 0 unspecified atom stereocenters. The van der Waals surface area contributed by atoms with E-state index in [0.717, 1.165) is 12.0 Å². The van der Waals surface area contributed by atoms with E-state index >= 15 is 0 Å². The average molecular weight is 422 g/mol. The number of amides is 1. The van der Waals surface area contributed by atoms with Gasteiger partial charge in [0.15, 0.2) is 18.1 Å². The first kappa shape index (κ1) is 22.1. The van der Waals surface area contributed by atoms with E-state index < -0.39 is 5.97 Å². The monoisotopic (exact) mass is 422 g/mol.